The summed E-state index contributed by atoms with van der Waals surface area (Å²) in [6, 6.07) is 19.8. The van der Waals surface area contributed by atoms with Gasteiger partial charge in [0.05, 0.1) is 7.11 Å². The summed E-state index contributed by atoms with van der Waals surface area (Å²) < 4.78 is 31.0. The van der Waals surface area contributed by atoms with Crippen LogP contribution in [0.3, 0.4) is 0 Å². The van der Waals surface area contributed by atoms with Crippen LogP contribution in [0.25, 0.3) is 11.1 Å². The Bertz CT molecular complexity index is 1270. The van der Waals surface area contributed by atoms with Crippen LogP contribution in [-0.2, 0) is 20.7 Å². The van der Waals surface area contributed by atoms with Gasteiger partial charge in [-0.25, -0.2) is 14.0 Å². The number of amides is 1. The number of likely N-dealkylation sites (N-methyl/N-ethyl adjacent to an activating group) is 1. The number of halogens is 1. The van der Waals surface area contributed by atoms with Crippen molar-refractivity contribution < 1.29 is 28.2 Å². The summed E-state index contributed by atoms with van der Waals surface area (Å²) in [6.07, 6.45) is -0.252. The molecule has 0 aromatic heterocycles. The molecule has 38 heavy (non-hydrogen) atoms. The molecule has 0 saturated carbocycles. The largest absolute Gasteiger partial charge is 0.497 e. The van der Waals surface area contributed by atoms with Crippen molar-refractivity contribution in [2.45, 2.75) is 51.2 Å². The second-order valence-electron chi connectivity index (χ2n) is 10.5. The Morgan fingerprint density at radius 2 is 1.58 bits per heavy atom. The molecule has 0 fully saturated rings. The van der Waals surface area contributed by atoms with E-state index in [1.54, 1.807) is 32.9 Å². The molecule has 1 amide bonds. The van der Waals surface area contributed by atoms with Crippen LogP contribution in [-0.4, -0.2) is 49.4 Å². The number of carbonyl (C=O) groups excluding carboxylic acids is 2. The molecule has 3 aromatic rings. The molecular formula is C31H34FNO5. The molecule has 1 aliphatic carbocycles. The average Bonchev–Trinajstić information content (AvgIpc) is 3.20. The van der Waals surface area contributed by atoms with Gasteiger partial charge in [0, 0.05) is 19.0 Å². The minimum absolute atomic E-state index is 0.104. The molecule has 0 aliphatic heterocycles. The lowest BCUT2D eigenvalue weighted by molar-refractivity contribution is -0.160. The maximum Gasteiger partial charge on any atom is 0.410 e. The van der Waals surface area contributed by atoms with Crippen LogP contribution in [0.5, 0.6) is 5.75 Å². The Morgan fingerprint density at radius 1 is 0.974 bits per heavy atom. The zero-order valence-electron chi connectivity index (χ0n) is 22.5. The average molecular weight is 520 g/mol. The van der Waals surface area contributed by atoms with E-state index in [1.165, 1.54) is 25.1 Å². The Balaban J connectivity index is 1.49. The van der Waals surface area contributed by atoms with Gasteiger partial charge in [0.1, 0.15) is 29.8 Å². The fourth-order valence-corrected chi connectivity index (χ4v) is 4.81. The van der Waals surface area contributed by atoms with Crippen molar-refractivity contribution >= 4 is 12.1 Å². The molecule has 0 saturated heterocycles. The Morgan fingerprint density at radius 3 is 2.13 bits per heavy atom. The van der Waals surface area contributed by atoms with Crippen molar-refractivity contribution in [3.8, 4) is 16.9 Å². The quantitative estimate of drug-likeness (QED) is 0.324. The molecule has 0 heterocycles. The van der Waals surface area contributed by atoms with E-state index in [0.29, 0.717) is 11.3 Å². The smallest absolute Gasteiger partial charge is 0.410 e. The van der Waals surface area contributed by atoms with Gasteiger partial charge in [-0.15, -0.1) is 0 Å². The minimum Gasteiger partial charge on any atom is -0.497 e. The van der Waals surface area contributed by atoms with Gasteiger partial charge in [0.2, 0.25) is 0 Å². The number of fused-ring (bicyclic) bond motifs is 3. The molecule has 200 valence electrons. The molecule has 1 aliphatic rings. The predicted molar refractivity (Wildman–Crippen MR) is 144 cm³/mol. The van der Waals surface area contributed by atoms with Crippen molar-refractivity contribution in [3.63, 3.8) is 0 Å². The number of hydrogen-bond acceptors (Lipinski definition) is 5. The van der Waals surface area contributed by atoms with Crippen molar-refractivity contribution in [2.75, 3.05) is 20.8 Å². The van der Waals surface area contributed by atoms with E-state index in [1.807, 2.05) is 36.4 Å². The van der Waals surface area contributed by atoms with Crippen molar-refractivity contribution in [1.82, 2.24) is 4.90 Å². The number of methoxy groups -OCH3 is 1. The molecule has 7 heteroatoms. The number of nitrogens with zero attached hydrogens (tertiary/aromatic N) is 1. The summed E-state index contributed by atoms with van der Waals surface area (Å²) in [4.78, 5) is 27.6. The highest BCUT2D eigenvalue weighted by molar-refractivity contribution is 5.82. The number of esters is 1. The van der Waals surface area contributed by atoms with E-state index in [4.69, 9.17) is 14.2 Å². The maximum atomic E-state index is 14.6. The van der Waals surface area contributed by atoms with Crippen LogP contribution >= 0.6 is 0 Å². The molecule has 6 nitrogen and oxygen atoms in total. The van der Waals surface area contributed by atoms with Crippen LogP contribution < -0.4 is 4.74 Å². The van der Waals surface area contributed by atoms with Gasteiger partial charge in [0.25, 0.3) is 0 Å². The summed E-state index contributed by atoms with van der Waals surface area (Å²) in [6.45, 7) is 5.42. The predicted octanol–water partition coefficient (Wildman–Crippen LogP) is 6.36. The first kappa shape index (κ1) is 27.2. The van der Waals surface area contributed by atoms with E-state index in [0.717, 1.165) is 22.3 Å². The second-order valence-corrected chi connectivity index (χ2v) is 10.5. The third-order valence-electron chi connectivity index (χ3n) is 6.72. The van der Waals surface area contributed by atoms with E-state index in [2.05, 4.69) is 12.1 Å². The number of ether oxygens (including phenoxy) is 3. The number of rotatable bonds is 8. The van der Waals surface area contributed by atoms with Crippen molar-refractivity contribution in [1.29, 1.82) is 0 Å². The number of benzene rings is 3. The fraction of sp³-hybridized carbons (Fsp3) is 0.355. The zero-order chi connectivity index (χ0) is 27.4. The lowest BCUT2D eigenvalue weighted by atomic mass is 9.98. The summed E-state index contributed by atoms with van der Waals surface area (Å²) in [5.74, 6) is -0.697. The summed E-state index contributed by atoms with van der Waals surface area (Å²) >= 11 is 0. The number of hydrogen-bond donors (Lipinski definition) is 0. The number of carbonyl (C=O) groups is 2. The van der Waals surface area contributed by atoms with Crippen LogP contribution in [0.2, 0.25) is 0 Å². The SMILES string of the molecule is COc1ccc(CCC(C(=O)OC(C)(C)C)N(C)C(=O)OCC2c3ccccc3-c3ccccc32)c(F)c1. The highest BCUT2D eigenvalue weighted by Crippen LogP contribution is 2.44. The van der Waals surface area contributed by atoms with E-state index in [9.17, 15) is 14.0 Å². The molecule has 3 aromatic carbocycles. The van der Waals surface area contributed by atoms with Gasteiger partial charge >= 0.3 is 12.1 Å². The van der Waals surface area contributed by atoms with Gasteiger partial charge in [-0.05, 0) is 67.5 Å². The van der Waals surface area contributed by atoms with Crippen molar-refractivity contribution in [3.05, 3.63) is 89.2 Å². The van der Waals surface area contributed by atoms with Crippen molar-refractivity contribution in [2.24, 2.45) is 0 Å². The molecule has 0 radical (unpaired) electrons. The van der Waals surface area contributed by atoms with Crippen LogP contribution in [0, 0.1) is 5.82 Å². The first-order chi connectivity index (χ1) is 18.1. The lowest BCUT2D eigenvalue weighted by Crippen LogP contribution is -2.46. The summed E-state index contributed by atoms with van der Waals surface area (Å²) in [7, 11) is 2.98. The van der Waals surface area contributed by atoms with Gasteiger partial charge in [-0.2, -0.15) is 0 Å². The molecular weight excluding hydrogens is 485 g/mol. The van der Waals surface area contributed by atoms with Gasteiger partial charge < -0.3 is 14.2 Å². The molecule has 1 unspecified atom stereocenters. The molecule has 1 atom stereocenters. The third kappa shape index (κ3) is 5.98. The highest BCUT2D eigenvalue weighted by Gasteiger charge is 2.34. The van der Waals surface area contributed by atoms with Crippen LogP contribution in [0.4, 0.5) is 9.18 Å². The van der Waals surface area contributed by atoms with Crippen LogP contribution in [0.15, 0.2) is 66.7 Å². The minimum atomic E-state index is -0.952. The first-order valence-electron chi connectivity index (χ1n) is 12.7. The fourth-order valence-electron chi connectivity index (χ4n) is 4.81. The lowest BCUT2D eigenvalue weighted by Gasteiger charge is -2.30. The van der Waals surface area contributed by atoms with Gasteiger partial charge in [-0.1, -0.05) is 54.6 Å². The van der Waals surface area contributed by atoms with E-state index >= 15 is 0 Å². The number of aryl methyl sites for hydroxylation is 1. The molecule has 0 bridgehead atoms. The van der Waals surface area contributed by atoms with E-state index in [-0.39, 0.29) is 25.4 Å². The van der Waals surface area contributed by atoms with E-state index < -0.39 is 29.5 Å². The molecule has 0 spiro atoms. The Labute approximate surface area is 223 Å². The maximum absolute atomic E-state index is 14.6. The second kappa shape index (κ2) is 11.3. The standard InChI is InChI=1S/C31H34FNO5/c1-31(2,3)38-29(34)28(17-15-20-14-16-21(36-5)18-27(20)32)33(4)30(35)37-19-26-24-12-8-6-10-22(24)23-11-7-9-13-25(23)26/h6-14,16,18,26,28H,15,17,19H2,1-5H3. The zero-order valence-corrected chi connectivity index (χ0v) is 22.5. The summed E-state index contributed by atoms with van der Waals surface area (Å²) in [5, 5.41) is 0. The Kier molecular flexibility index (Phi) is 8.05. The normalized spacial score (nSPS) is 13.3. The summed E-state index contributed by atoms with van der Waals surface area (Å²) in [5.41, 5.74) is 4.13. The monoisotopic (exact) mass is 519 g/mol. The van der Waals surface area contributed by atoms with Crippen LogP contribution in [0.1, 0.15) is 49.8 Å². The highest BCUT2D eigenvalue weighted by atomic mass is 19.1. The van der Waals surface area contributed by atoms with Gasteiger partial charge in [-0.3, -0.25) is 4.90 Å². The Hall–Kier alpha value is -3.87. The first-order valence-corrected chi connectivity index (χ1v) is 12.7. The molecule has 0 N–H and O–H groups in total. The third-order valence-corrected chi connectivity index (χ3v) is 6.72. The van der Waals surface area contributed by atoms with Gasteiger partial charge in [0.15, 0.2) is 0 Å². The molecule has 4 rings (SSSR count). The topological polar surface area (TPSA) is 65.1 Å².